The zero-order chi connectivity index (χ0) is 19.2. The standard InChI is InChI=1S/C18H22N2O4S2/c1-13(12-24-2)20-26(22,23)17-10-4-14(5-11-17)18(21)19-15-6-8-16(25-3)9-7-15/h4-11,13,20H,12H2,1-3H3,(H,19,21)/t13-/m1/s1. The van der Waals surface area contributed by atoms with E-state index in [-0.39, 0.29) is 23.5 Å². The minimum Gasteiger partial charge on any atom is -0.383 e. The third-order valence-electron chi connectivity index (χ3n) is 3.55. The maximum atomic E-state index is 12.3. The molecule has 0 heterocycles. The molecule has 1 amide bonds. The van der Waals surface area contributed by atoms with Crippen molar-refractivity contribution in [2.75, 3.05) is 25.3 Å². The highest BCUT2D eigenvalue weighted by Crippen LogP contribution is 2.18. The summed E-state index contributed by atoms with van der Waals surface area (Å²) < 4.78 is 32.0. The summed E-state index contributed by atoms with van der Waals surface area (Å²) >= 11 is 1.62. The Labute approximate surface area is 158 Å². The fourth-order valence-electron chi connectivity index (χ4n) is 2.28. The van der Waals surface area contributed by atoms with Gasteiger partial charge in [0, 0.05) is 29.3 Å². The summed E-state index contributed by atoms with van der Waals surface area (Å²) in [5, 5.41) is 2.79. The van der Waals surface area contributed by atoms with Crippen LogP contribution < -0.4 is 10.0 Å². The maximum Gasteiger partial charge on any atom is 0.255 e. The lowest BCUT2D eigenvalue weighted by molar-refractivity contribution is 0.102. The third-order valence-corrected chi connectivity index (χ3v) is 5.90. The largest absolute Gasteiger partial charge is 0.383 e. The number of amides is 1. The van der Waals surface area contributed by atoms with Crippen molar-refractivity contribution in [2.24, 2.45) is 0 Å². The molecule has 0 radical (unpaired) electrons. The molecule has 2 rings (SSSR count). The lowest BCUT2D eigenvalue weighted by atomic mass is 10.2. The van der Waals surface area contributed by atoms with Crippen LogP contribution in [0.1, 0.15) is 17.3 Å². The first-order chi connectivity index (χ1) is 12.4. The van der Waals surface area contributed by atoms with E-state index >= 15 is 0 Å². The Morgan fingerprint density at radius 1 is 1.12 bits per heavy atom. The van der Waals surface area contributed by atoms with Gasteiger partial charge < -0.3 is 10.1 Å². The van der Waals surface area contributed by atoms with Crippen LogP contribution in [0.3, 0.4) is 0 Å². The van der Waals surface area contributed by atoms with Crippen LogP contribution in [0, 0.1) is 0 Å². The molecular formula is C18H22N2O4S2. The van der Waals surface area contributed by atoms with Crippen LogP contribution in [-0.4, -0.2) is 40.3 Å². The summed E-state index contributed by atoms with van der Waals surface area (Å²) in [4.78, 5) is 13.5. The Bertz CT molecular complexity index is 834. The van der Waals surface area contributed by atoms with Crippen molar-refractivity contribution in [3.05, 3.63) is 54.1 Å². The van der Waals surface area contributed by atoms with E-state index in [2.05, 4.69) is 10.0 Å². The summed E-state index contributed by atoms with van der Waals surface area (Å²) in [6.07, 6.45) is 1.98. The van der Waals surface area contributed by atoms with Gasteiger partial charge in [-0.15, -0.1) is 11.8 Å². The molecule has 0 aliphatic carbocycles. The molecule has 2 aromatic rings. The normalized spacial score (nSPS) is 12.6. The van der Waals surface area contributed by atoms with Crippen molar-refractivity contribution in [3.63, 3.8) is 0 Å². The van der Waals surface area contributed by atoms with Crippen molar-refractivity contribution in [2.45, 2.75) is 22.8 Å². The van der Waals surface area contributed by atoms with E-state index in [4.69, 9.17) is 4.74 Å². The summed E-state index contributed by atoms with van der Waals surface area (Å²) in [5.74, 6) is -0.299. The van der Waals surface area contributed by atoms with Crippen LogP contribution in [0.25, 0.3) is 0 Å². The van der Waals surface area contributed by atoms with Gasteiger partial charge in [0.15, 0.2) is 0 Å². The molecule has 0 saturated heterocycles. The minimum atomic E-state index is -3.65. The van der Waals surface area contributed by atoms with Crippen LogP contribution in [0.2, 0.25) is 0 Å². The average molecular weight is 395 g/mol. The van der Waals surface area contributed by atoms with Crippen molar-refractivity contribution < 1.29 is 17.9 Å². The maximum absolute atomic E-state index is 12.3. The minimum absolute atomic E-state index is 0.0985. The first-order valence-electron chi connectivity index (χ1n) is 7.92. The van der Waals surface area contributed by atoms with Gasteiger partial charge in [0.2, 0.25) is 10.0 Å². The van der Waals surface area contributed by atoms with Gasteiger partial charge in [-0.25, -0.2) is 13.1 Å². The quantitative estimate of drug-likeness (QED) is 0.673. The van der Waals surface area contributed by atoms with Gasteiger partial charge in [-0.3, -0.25) is 4.79 Å². The number of ether oxygens (including phenoxy) is 1. The van der Waals surface area contributed by atoms with E-state index < -0.39 is 10.0 Å². The third kappa shape index (κ3) is 5.57. The van der Waals surface area contributed by atoms with E-state index in [9.17, 15) is 13.2 Å². The monoisotopic (exact) mass is 394 g/mol. The molecule has 0 bridgehead atoms. The van der Waals surface area contributed by atoms with Crippen LogP contribution in [-0.2, 0) is 14.8 Å². The number of sulfonamides is 1. The molecule has 6 nitrogen and oxygen atoms in total. The van der Waals surface area contributed by atoms with Crippen molar-refractivity contribution in [1.82, 2.24) is 4.72 Å². The van der Waals surface area contributed by atoms with Gasteiger partial charge in [-0.2, -0.15) is 0 Å². The topological polar surface area (TPSA) is 84.5 Å². The summed E-state index contributed by atoms with van der Waals surface area (Å²) in [5.41, 5.74) is 1.06. The number of hydrogen-bond donors (Lipinski definition) is 2. The SMILES string of the molecule is COC[C@@H](C)NS(=O)(=O)c1ccc(C(=O)Nc2ccc(SC)cc2)cc1. The number of hydrogen-bond acceptors (Lipinski definition) is 5. The molecule has 0 spiro atoms. The fourth-order valence-corrected chi connectivity index (χ4v) is 3.92. The Balaban J connectivity index is 2.06. The predicted octanol–water partition coefficient (Wildman–Crippen LogP) is 2.97. The highest BCUT2D eigenvalue weighted by molar-refractivity contribution is 7.98. The molecule has 2 N–H and O–H groups in total. The number of carbonyl (C=O) groups excluding carboxylic acids is 1. The molecule has 0 aliphatic heterocycles. The van der Waals surface area contributed by atoms with Gasteiger partial charge in [0.05, 0.1) is 11.5 Å². The molecule has 2 aromatic carbocycles. The van der Waals surface area contributed by atoms with E-state index in [1.807, 2.05) is 30.5 Å². The van der Waals surface area contributed by atoms with Crippen molar-refractivity contribution in [1.29, 1.82) is 0 Å². The molecule has 26 heavy (non-hydrogen) atoms. The van der Waals surface area contributed by atoms with Crippen LogP contribution in [0.15, 0.2) is 58.3 Å². The van der Waals surface area contributed by atoms with Crippen LogP contribution in [0.4, 0.5) is 5.69 Å². The average Bonchev–Trinajstić information content (AvgIpc) is 2.62. The zero-order valence-corrected chi connectivity index (χ0v) is 16.5. The first kappa shape index (κ1) is 20.4. The number of benzene rings is 2. The zero-order valence-electron chi connectivity index (χ0n) is 14.9. The molecule has 8 heteroatoms. The van der Waals surface area contributed by atoms with Gasteiger partial charge in [-0.05, 0) is 61.7 Å². The molecule has 140 valence electrons. The van der Waals surface area contributed by atoms with E-state index in [0.717, 1.165) is 4.90 Å². The predicted molar refractivity (Wildman–Crippen MR) is 104 cm³/mol. The summed E-state index contributed by atoms with van der Waals surface area (Å²) in [6, 6.07) is 12.9. The van der Waals surface area contributed by atoms with E-state index in [0.29, 0.717) is 11.3 Å². The molecule has 0 aromatic heterocycles. The van der Waals surface area contributed by atoms with Gasteiger partial charge in [0.25, 0.3) is 5.91 Å². The van der Waals surface area contributed by atoms with Gasteiger partial charge in [0.1, 0.15) is 0 Å². The molecule has 0 saturated carbocycles. The van der Waals surface area contributed by atoms with Crippen LogP contribution >= 0.6 is 11.8 Å². The second-order valence-electron chi connectivity index (χ2n) is 5.68. The Morgan fingerprint density at radius 2 is 1.73 bits per heavy atom. The lowest BCUT2D eigenvalue weighted by Gasteiger charge is -2.13. The Morgan fingerprint density at radius 3 is 2.27 bits per heavy atom. The highest BCUT2D eigenvalue weighted by atomic mass is 32.2. The van der Waals surface area contributed by atoms with E-state index in [1.165, 1.54) is 31.4 Å². The molecule has 0 fully saturated rings. The molecule has 0 aliphatic rings. The van der Waals surface area contributed by atoms with Gasteiger partial charge >= 0.3 is 0 Å². The Hall–Kier alpha value is -1.87. The van der Waals surface area contributed by atoms with Crippen molar-refractivity contribution in [3.8, 4) is 0 Å². The fraction of sp³-hybridized carbons (Fsp3) is 0.278. The summed E-state index contributed by atoms with van der Waals surface area (Å²) in [7, 11) is -2.15. The molecule has 0 unspecified atom stereocenters. The number of thioether (sulfide) groups is 1. The smallest absolute Gasteiger partial charge is 0.255 e. The first-order valence-corrected chi connectivity index (χ1v) is 10.6. The number of rotatable bonds is 8. The van der Waals surface area contributed by atoms with Crippen molar-refractivity contribution >= 4 is 33.4 Å². The highest BCUT2D eigenvalue weighted by Gasteiger charge is 2.18. The number of nitrogens with one attached hydrogen (secondary N) is 2. The van der Waals surface area contributed by atoms with E-state index in [1.54, 1.807) is 18.7 Å². The Kier molecular flexibility index (Phi) is 7.22. The second kappa shape index (κ2) is 9.18. The number of methoxy groups -OCH3 is 1. The lowest BCUT2D eigenvalue weighted by Crippen LogP contribution is -2.35. The van der Waals surface area contributed by atoms with Gasteiger partial charge in [-0.1, -0.05) is 0 Å². The summed E-state index contributed by atoms with van der Waals surface area (Å²) in [6.45, 7) is 1.99. The number of anilines is 1. The second-order valence-corrected chi connectivity index (χ2v) is 8.28. The molecular weight excluding hydrogens is 372 g/mol. The number of carbonyl (C=O) groups is 1. The molecule has 1 atom stereocenters. The van der Waals surface area contributed by atoms with Crippen LogP contribution in [0.5, 0.6) is 0 Å².